The second-order valence-corrected chi connectivity index (χ2v) is 6.02. The van der Waals surface area contributed by atoms with Crippen molar-refractivity contribution < 1.29 is 5.21 Å². The molecule has 0 aliphatic carbocycles. The summed E-state index contributed by atoms with van der Waals surface area (Å²) in [7, 11) is 0. The van der Waals surface area contributed by atoms with Crippen molar-refractivity contribution >= 4 is 20.2 Å². The molecule has 0 spiro atoms. The molecule has 0 atom stereocenters. The summed E-state index contributed by atoms with van der Waals surface area (Å²) in [6.45, 7) is 0. The average Bonchev–Trinajstić information content (AvgIpc) is 3.00. The number of aromatic nitrogens is 1. The molecule has 0 saturated carbocycles. The van der Waals surface area contributed by atoms with Gasteiger partial charge in [-0.05, 0) is 0 Å². The van der Waals surface area contributed by atoms with Gasteiger partial charge in [-0.3, -0.25) is 0 Å². The second kappa shape index (κ2) is 5.86. The summed E-state index contributed by atoms with van der Waals surface area (Å²) in [6.07, 6.45) is 0. The standard InChI is InChI=1S/C16H12N2OSe/c19-18-15(13-9-5-2-6-10-13)16-17-14(11-20-16)12-7-3-1-4-8-12/h1-11,19H/b18-15+. The molecule has 98 valence electrons. The molecule has 4 heteroatoms. The van der Waals surface area contributed by atoms with Crippen LogP contribution in [0.15, 0.2) is 70.8 Å². The number of hydrogen-bond donors (Lipinski definition) is 1. The molecule has 20 heavy (non-hydrogen) atoms. The second-order valence-electron chi connectivity index (χ2n) is 4.22. The monoisotopic (exact) mass is 328 g/mol. The summed E-state index contributed by atoms with van der Waals surface area (Å²) in [5.41, 5.74) is 3.50. The summed E-state index contributed by atoms with van der Waals surface area (Å²) in [5.74, 6) is 0. The van der Waals surface area contributed by atoms with Crippen LogP contribution in [0.1, 0.15) is 10.1 Å². The van der Waals surface area contributed by atoms with Crippen LogP contribution in [0.25, 0.3) is 11.3 Å². The van der Waals surface area contributed by atoms with E-state index in [1.165, 1.54) is 0 Å². The van der Waals surface area contributed by atoms with Crippen LogP contribution in [0.2, 0.25) is 0 Å². The molecular formula is C16H12N2OSe. The first-order chi connectivity index (χ1) is 9.88. The fraction of sp³-hybridized carbons (Fsp3) is 0. The van der Waals surface area contributed by atoms with Gasteiger partial charge in [0.15, 0.2) is 0 Å². The van der Waals surface area contributed by atoms with Gasteiger partial charge in [0.2, 0.25) is 0 Å². The Morgan fingerprint density at radius 3 is 2.25 bits per heavy atom. The van der Waals surface area contributed by atoms with Gasteiger partial charge < -0.3 is 0 Å². The van der Waals surface area contributed by atoms with Crippen molar-refractivity contribution in [3.05, 3.63) is 75.7 Å². The van der Waals surface area contributed by atoms with Gasteiger partial charge in [0.05, 0.1) is 0 Å². The van der Waals surface area contributed by atoms with Crippen LogP contribution in [-0.2, 0) is 0 Å². The number of rotatable bonds is 3. The van der Waals surface area contributed by atoms with Crippen LogP contribution in [0.4, 0.5) is 0 Å². The first-order valence-electron chi connectivity index (χ1n) is 6.17. The van der Waals surface area contributed by atoms with E-state index in [4.69, 9.17) is 0 Å². The number of oxime groups is 1. The molecule has 1 aromatic heterocycles. The van der Waals surface area contributed by atoms with E-state index in [-0.39, 0.29) is 14.5 Å². The van der Waals surface area contributed by atoms with Crippen molar-refractivity contribution in [1.29, 1.82) is 0 Å². The van der Waals surface area contributed by atoms with E-state index in [9.17, 15) is 5.21 Å². The van der Waals surface area contributed by atoms with Crippen LogP contribution in [0.3, 0.4) is 0 Å². The van der Waals surface area contributed by atoms with E-state index in [1.54, 1.807) is 0 Å². The van der Waals surface area contributed by atoms with E-state index in [0.29, 0.717) is 5.71 Å². The molecule has 3 rings (SSSR count). The summed E-state index contributed by atoms with van der Waals surface area (Å²) < 4.78 is 0.852. The van der Waals surface area contributed by atoms with Crippen LogP contribution < -0.4 is 0 Å². The van der Waals surface area contributed by atoms with Gasteiger partial charge in [0.25, 0.3) is 0 Å². The number of nitrogens with zero attached hydrogens (tertiary/aromatic N) is 2. The van der Waals surface area contributed by atoms with Gasteiger partial charge in [0, 0.05) is 0 Å². The number of hydrogen-bond acceptors (Lipinski definition) is 3. The van der Waals surface area contributed by atoms with Crippen LogP contribution in [0, 0.1) is 0 Å². The third kappa shape index (κ3) is 2.57. The first kappa shape index (κ1) is 12.9. The molecule has 0 unspecified atom stereocenters. The maximum atomic E-state index is 9.29. The summed E-state index contributed by atoms with van der Waals surface area (Å²) in [6, 6.07) is 19.7. The van der Waals surface area contributed by atoms with Gasteiger partial charge in [-0.1, -0.05) is 0 Å². The maximum absolute atomic E-state index is 9.29. The zero-order chi connectivity index (χ0) is 13.8. The first-order valence-corrected chi connectivity index (χ1v) is 8.02. The van der Waals surface area contributed by atoms with Gasteiger partial charge in [-0.25, -0.2) is 0 Å². The van der Waals surface area contributed by atoms with E-state index in [0.717, 1.165) is 21.4 Å². The Labute approximate surface area is 123 Å². The molecule has 1 heterocycles. The van der Waals surface area contributed by atoms with E-state index in [2.05, 4.69) is 15.1 Å². The normalized spacial score (nSPS) is 11.5. The Hall–Kier alpha value is -2.16. The van der Waals surface area contributed by atoms with Crippen molar-refractivity contribution in [2.24, 2.45) is 5.16 Å². The minimum atomic E-state index is 0.0859. The molecule has 0 fully saturated rings. The predicted octanol–water partition coefficient (Wildman–Crippen LogP) is 3.03. The molecule has 0 aliphatic heterocycles. The SMILES string of the molecule is O/N=C(\c1ccccc1)c1nc(-c2ccccc2)c[se]1. The zero-order valence-electron chi connectivity index (χ0n) is 10.6. The zero-order valence-corrected chi connectivity index (χ0v) is 12.3. The van der Waals surface area contributed by atoms with Crippen molar-refractivity contribution in [2.75, 3.05) is 0 Å². The molecule has 0 saturated heterocycles. The number of benzene rings is 2. The Morgan fingerprint density at radius 1 is 0.950 bits per heavy atom. The Bertz CT molecular complexity index is 721. The minimum absolute atomic E-state index is 0.0859. The van der Waals surface area contributed by atoms with Crippen molar-refractivity contribution in [3.63, 3.8) is 0 Å². The molecule has 0 radical (unpaired) electrons. The summed E-state index contributed by atoms with van der Waals surface area (Å²) in [5, 5.41) is 12.7. The van der Waals surface area contributed by atoms with Crippen molar-refractivity contribution in [2.45, 2.75) is 0 Å². The topological polar surface area (TPSA) is 45.5 Å². The van der Waals surface area contributed by atoms with Gasteiger partial charge in [-0.15, -0.1) is 0 Å². The fourth-order valence-corrected chi connectivity index (χ4v) is 3.69. The van der Waals surface area contributed by atoms with Crippen LogP contribution in [0.5, 0.6) is 0 Å². The molecule has 3 aromatic rings. The third-order valence-corrected chi connectivity index (χ3v) is 4.70. The molecular weight excluding hydrogens is 315 g/mol. The van der Waals surface area contributed by atoms with E-state index < -0.39 is 0 Å². The van der Waals surface area contributed by atoms with Gasteiger partial charge in [-0.2, -0.15) is 0 Å². The van der Waals surface area contributed by atoms with E-state index >= 15 is 0 Å². The quantitative estimate of drug-likeness (QED) is 0.348. The Balaban J connectivity index is 1.98. The third-order valence-electron chi connectivity index (χ3n) is 2.92. The van der Waals surface area contributed by atoms with Crippen LogP contribution >= 0.6 is 0 Å². The Kier molecular flexibility index (Phi) is 3.77. The summed E-state index contributed by atoms with van der Waals surface area (Å²) in [4.78, 5) is 6.74. The summed E-state index contributed by atoms with van der Waals surface area (Å²) >= 11 is 0.0859. The van der Waals surface area contributed by atoms with Gasteiger partial charge in [0.1, 0.15) is 0 Å². The fourth-order valence-electron chi connectivity index (χ4n) is 1.94. The molecule has 0 amide bonds. The molecule has 0 bridgehead atoms. The molecule has 2 aromatic carbocycles. The Morgan fingerprint density at radius 2 is 1.60 bits per heavy atom. The predicted molar refractivity (Wildman–Crippen MR) is 80.5 cm³/mol. The molecule has 0 aliphatic rings. The average molecular weight is 327 g/mol. The van der Waals surface area contributed by atoms with E-state index in [1.807, 2.05) is 60.7 Å². The van der Waals surface area contributed by atoms with Gasteiger partial charge >= 0.3 is 123 Å². The van der Waals surface area contributed by atoms with Crippen molar-refractivity contribution in [1.82, 2.24) is 4.98 Å². The molecule has 3 nitrogen and oxygen atoms in total. The van der Waals surface area contributed by atoms with Crippen LogP contribution in [-0.4, -0.2) is 30.4 Å². The van der Waals surface area contributed by atoms with Crippen molar-refractivity contribution in [3.8, 4) is 11.3 Å². The molecule has 1 N–H and O–H groups in total.